The van der Waals surface area contributed by atoms with E-state index in [1.165, 1.54) is 25.7 Å². The van der Waals surface area contributed by atoms with Crippen LogP contribution in [0.15, 0.2) is 29.4 Å². The molecule has 2 aromatic rings. The van der Waals surface area contributed by atoms with Gasteiger partial charge in [-0.25, -0.2) is 4.68 Å². The number of ether oxygens (including phenoxy) is 1. The summed E-state index contributed by atoms with van der Waals surface area (Å²) in [5.41, 5.74) is 6.50. The maximum Gasteiger partial charge on any atom is 0.209 e. The lowest BCUT2D eigenvalue weighted by Gasteiger charge is -2.11. The first-order valence-corrected chi connectivity index (χ1v) is 8.21. The summed E-state index contributed by atoms with van der Waals surface area (Å²) in [6.07, 6.45) is 4.89. The first-order valence-electron chi connectivity index (χ1n) is 7.22. The summed E-state index contributed by atoms with van der Waals surface area (Å²) in [6, 6.07) is 7.99. The zero-order chi connectivity index (χ0) is 14.5. The molecule has 1 heterocycles. The van der Waals surface area contributed by atoms with Crippen LogP contribution in [0.5, 0.6) is 5.75 Å². The Morgan fingerprint density at radius 2 is 2.10 bits per heavy atom. The van der Waals surface area contributed by atoms with Crippen molar-refractivity contribution in [1.29, 1.82) is 0 Å². The largest absolute Gasteiger partial charge is 0.491 e. The van der Waals surface area contributed by atoms with Crippen LogP contribution in [0.2, 0.25) is 0 Å². The van der Waals surface area contributed by atoms with E-state index >= 15 is 0 Å². The summed E-state index contributed by atoms with van der Waals surface area (Å²) in [7, 11) is 0. The Morgan fingerprint density at radius 3 is 2.90 bits per heavy atom. The molecule has 7 heteroatoms. The van der Waals surface area contributed by atoms with Crippen molar-refractivity contribution in [3.63, 3.8) is 0 Å². The SMILES string of the molecule is Nc1ccccc1OCCSc1nnnn1C1CCCC1. The Hall–Kier alpha value is -1.76. The van der Waals surface area contributed by atoms with Gasteiger partial charge in [0.05, 0.1) is 18.3 Å². The highest BCUT2D eigenvalue weighted by atomic mass is 32.2. The molecule has 6 nitrogen and oxygen atoms in total. The molecule has 0 atom stereocenters. The molecule has 0 aliphatic heterocycles. The van der Waals surface area contributed by atoms with E-state index < -0.39 is 0 Å². The monoisotopic (exact) mass is 305 g/mol. The van der Waals surface area contributed by atoms with Crippen molar-refractivity contribution in [3.8, 4) is 5.75 Å². The maximum atomic E-state index is 5.84. The molecule has 2 N–H and O–H groups in total. The lowest BCUT2D eigenvalue weighted by Crippen LogP contribution is -2.09. The first-order chi connectivity index (χ1) is 10.3. The van der Waals surface area contributed by atoms with Crippen molar-refractivity contribution in [2.45, 2.75) is 36.9 Å². The molecule has 1 fully saturated rings. The predicted molar refractivity (Wildman–Crippen MR) is 82.4 cm³/mol. The van der Waals surface area contributed by atoms with Gasteiger partial charge in [0.25, 0.3) is 0 Å². The van der Waals surface area contributed by atoms with Crippen LogP contribution in [0.3, 0.4) is 0 Å². The number of tetrazole rings is 1. The Balaban J connectivity index is 1.50. The van der Waals surface area contributed by atoms with Gasteiger partial charge in [0.2, 0.25) is 5.16 Å². The Labute approximate surface area is 128 Å². The molecule has 1 saturated carbocycles. The molecule has 0 radical (unpaired) electrons. The number of para-hydroxylation sites is 2. The molecule has 0 spiro atoms. The van der Waals surface area contributed by atoms with Crippen molar-refractivity contribution in [1.82, 2.24) is 20.2 Å². The summed E-state index contributed by atoms with van der Waals surface area (Å²) in [5.74, 6) is 1.52. The van der Waals surface area contributed by atoms with Gasteiger partial charge in [-0.05, 0) is 35.4 Å². The fourth-order valence-corrected chi connectivity index (χ4v) is 3.32. The average Bonchev–Trinajstić information content (AvgIpc) is 3.16. The van der Waals surface area contributed by atoms with E-state index in [1.54, 1.807) is 11.8 Å². The van der Waals surface area contributed by atoms with Crippen molar-refractivity contribution in [2.24, 2.45) is 0 Å². The topological polar surface area (TPSA) is 78.8 Å². The maximum absolute atomic E-state index is 5.84. The van der Waals surface area contributed by atoms with Gasteiger partial charge in [0.1, 0.15) is 5.75 Å². The second kappa shape index (κ2) is 6.80. The number of aromatic nitrogens is 4. The Morgan fingerprint density at radius 1 is 1.29 bits per heavy atom. The highest BCUT2D eigenvalue weighted by molar-refractivity contribution is 7.99. The molecule has 1 aliphatic rings. The number of anilines is 1. The fraction of sp³-hybridized carbons (Fsp3) is 0.500. The average molecular weight is 305 g/mol. The van der Waals surface area contributed by atoms with Crippen LogP contribution in [0, 0.1) is 0 Å². The van der Waals surface area contributed by atoms with E-state index in [1.807, 2.05) is 28.9 Å². The third-order valence-electron chi connectivity index (χ3n) is 3.62. The molecular formula is C14H19N5OS. The Bertz CT molecular complexity index is 582. The van der Waals surface area contributed by atoms with Crippen molar-refractivity contribution in [3.05, 3.63) is 24.3 Å². The minimum absolute atomic E-state index is 0.466. The fourth-order valence-electron chi connectivity index (χ4n) is 2.56. The smallest absolute Gasteiger partial charge is 0.209 e. The van der Waals surface area contributed by atoms with E-state index in [4.69, 9.17) is 10.5 Å². The summed E-state index contributed by atoms with van der Waals surface area (Å²) >= 11 is 1.63. The van der Waals surface area contributed by atoms with Crippen LogP contribution in [0.1, 0.15) is 31.7 Å². The first kappa shape index (κ1) is 14.2. The molecule has 0 saturated heterocycles. The van der Waals surface area contributed by atoms with Crippen LogP contribution in [-0.2, 0) is 0 Å². The molecule has 1 aromatic carbocycles. The standard InChI is InChI=1S/C14H19N5OS/c15-12-7-3-4-8-13(12)20-9-10-21-14-16-17-18-19(14)11-5-1-2-6-11/h3-4,7-8,11H,1-2,5-6,9-10,15H2. The Kier molecular flexibility index (Phi) is 4.59. The van der Waals surface area contributed by atoms with Crippen LogP contribution < -0.4 is 10.5 Å². The molecule has 1 aromatic heterocycles. The summed E-state index contributed by atoms with van der Waals surface area (Å²) in [6.45, 7) is 0.580. The molecule has 21 heavy (non-hydrogen) atoms. The number of nitrogens with two attached hydrogens (primary N) is 1. The van der Waals surface area contributed by atoms with Crippen molar-refractivity contribution in [2.75, 3.05) is 18.1 Å². The number of nitrogen functional groups attached to an aromatic ring is 1. The lowest BCUT2D eigenvalue weighted by atomic mass is 10.3. The molecule has 112 valence electrons. The van der Waals surface area contributed by atoms with Gasteiger partial charge >= 0.3 is 0 Å². The summed E-state index contributed by atoms with van der Waals surface area (Å²) in [5, 5.41) is 12.9. The highest BCUT2D eigenvalue weighted by Gasteiger charge is 2.21. The van der Waals surface area contributed by atoms with Gasteiger partial charge in [-0.1, -0.05) is 36.7 Å². The zero-order valence-electron chi connectivity index (χ0n) is 11.8. The van der Waals surface area contributed by atoms with Gasteiger partial charge in [-0.15, -0.1) is 5.10 Å². The molecule has 1 aliphatic carbocycles. The van der Waals surface area contributed by atoms with E-state index in [9.17, 15) is 0 Å². The van der Waals surface area contributed by atoms with E-state index in [0.29, 0.717) is 18.3 Å². The van der Waals surface area contributed by atoms with Crippen molar-refractivity contribution < 1.29 is 4.74 Å². The third kappa shape index (κ3) is 3.47. The number of thioether (sulfide) groups is 1. The molecule has 0 unspecified atom stereocenters. The minimum atomic E-state index is 0.466. The van der Waals surface area contributed by atoms with Gasteiger partial charge in [0.15, 0.2) is 0 Å². The highest BCUT2D eigenvalue weighted by Crippen LogP contribution is 2.31. The van der Waals surface area contributed by atoms with Gasteiger partial charge in [0, 0.05) is 5.75 Å². The number of hydrogen-bond acceptors (Lipinski definition) is 6. The molecular weight excluding hydrogens is 286 g/mol. The van der Waals surface area contributed by atoms with Crippen molar-refractivity contribution >= 4 is 17.4 Å². The van der Waals surface area contributed by atoms with E-state index in [-0.39, 0.29) is 0 Å². The number of nitrogens with zero attached hydrogens (tertiary/aromatic N) is 4. The molecule has 0 amide bonds. The van der Waals surface area contributed by atoms with Crippen LogP contribution in [0.25, 0.3) is 0 Å². The van der Waals surface area contributed by atoms with Gasteiger partial charge < -0.3 is 10.5 Å². The third-order valence-corrected chi connectivity index (χ3v) is 4.52. The van der Waals surface area contributed by atoms with Crippen LogP contribution >= 0.6 is 11.8 Å². The summed E-state index contributed by atoms with van der Waals surface area (Å²) < 4.78 is 7.64. The van der Waals surface area contributed by atoms with Gasteiger partial charge in [-0.3, -0.25) is 0 Å². The second-order valence-electron chi connectivity index (χ2n) is 5.08. The summed E-state index contributed by atoms with van der Waals surface area (Å²) in [4.78, 5) is 0. The zero-order valence-corrected chi connectivity index (χ0v) is 12.6. The van der Waals surface area contributed by atoms with E-state index in [2.05, 4.69) is 15.5 Å². The quantitative estimate of drug-likeness (QED) is 0.502. The van der Waals surface area contributed by atoms with Crippen LogP contribution in [0.4, 0.5) is 5.69 Å². The number of hydrogen-bond donors (Lipinski definition) is 1. The van der Waals surface area contributed by atoms with E-state index in [0.717, 1.165) is 16.7 Å². The van der Waals surface area contributed by atoms with Crippen LogP contribution in [-0.4, -0.2) is 32.6 Å². The molecule has 3 rings (SSSR count). The molecule has 0 bridgehead atoms. The normalized spacial score (nSPS) is 15.4. The van der Waals surface area contributed by atoms with Gasteiger partial charge in [-0.2, -0.15) is 0 Å². The number of benzene rings is 1. The minimum Gasteiger partial charge on any atom is -0.491 e. The predicted octanol–water partition coefficient (Wildman–Crippen LogP) is 2.54. The second-order valence-corrected chi connectivity index (χ2v) is 6.14. The lowest BCUT2D eigenvalue weighted by molar-refractivity contribution is 0.345. The number of rotatable bonds is 6.